The van der Waals surface area contributed by atoms with Crippen LogP contribution in [-0.2, 0) is 10.0 Å². The third-order valence-electron chi connectivity index (χ3n) is 1.83. The molecule has 1 aliphatic rings. The zero-order valence-corrected chi connectivity index (χ0v) is 10.1. The first kappa shape index (κ1) is 10.2. The number of hydrogen-bond acceptors (Lipinski definition) is 3. The lowest BCUT2D eigenvalue weighted by atomic mass is 10.3. The summed E-state index contributed by atoms with van der Waals surface area (Å²) in [5.41, 5.74) is 0. The van der Waals surface area contributed by atoms with Gasteiger partial charge in [0.15, 0.2) is 4.11 Å². The second-order valence-electron chi connectivity index (χ2n) is 2.83. The van der Waals surface area contributed by atoms with Crippen molar-refractivity contribution in [3.63, 3.8) is 0 Å². The molecule has 0 aromatic heterocycles. The molecule has 0 aliphatic carbocycles. The molecule has 0 amide bonds. The monoisotopic (exact) mass is 325 g/mol. The van der Waals surface area contributed by atoms with Gasteiger partial charge >= 0.3 is 0 Å². The number of nitrogens with one attached hydrogen (secondary N) is 1. The number of rotatable bonds is 0. The van der Waals surface area contributed by atoms with E-state index in [4.69, 9.17) is 4.74 Å². The van der Waals surface area contributed by atoms with Gasteiger partial charge in [-0.25, -0.2) is 13.1 Å². The second kappa shape index (κ2) is 3.67. The molecule has 1 aromatic rings. The number of benzene rings is 1. The van der Waals surface area contributed by atoms with Gasteiger partial charge in [0.2, 0.25) is 10.0 Å². The molecule has 0 fully saturated rings. The Hall–Kier alpha value is -0.340. The van der Waals surface area contributed by atoms with Crippen molar-refractivity contribution in [1.82, 2.24) is 4.72 Å². The van der Waals surface area contributed by atoms with Gasteiger partial charge in [0, 0.05) is 0 Å². The first-order valence-electron chi connectivity index (χ1n) is 3.99. The third kappa shape index (κ3) is 1.86. The number of para-hydroxylation sites is 1. The molecule has 0 unspecified atom stereocenters. The molecule has 6 heteroatoms. The lowest BCUT2D eigenvalue weighted by Crippen LogP contribution is -2.28. The number of hydrogen-bond donors (Lipinski definition) is 1. The predicted octanol–water partition coefficient (Wildman–Crippen LogP) is 1.12. The molecule has 1 atom stereocenters. The maximum Gasteiger partial charge on any atom is 0.244 e. The van der Waals surface area contributed by atoms with Crippen molar-refractivity contribution in [2.75, 3.05) is 6.54 Å². The molecule has 1 heterocycles. The summed E-state index contributed by atoms with van der Waals surface area (Å²) in [6.45, 7) is 0.289. The van der Waals surface area contributed by atoms with Gasteiger partial charge < -0.3 is 4.74 Å². The lowest BCUT2D eigenvalue weighted by Gasteiger charge is -2.08. The molecule has 1 aliphatic heterocycles. The van der Waals surface area contributed by atoms with Crippen molar-refractivity contribution < 1.29 is 13.2 Å². The Labute approximate surface area is 95.8 Å². The zero-order chi connectivity index (χ0) is 10.2. The van der Waals surface area contributed by atoms with Crippen molar-refractivity contribution >= 4 is 32.6 Å². The van der Waals surface area contributed by atoms with Crippen LogP contribution in [0.15, 0.2) is 29.2 Å². The van der Waals surface area contributed by atoms with Gasteiger partial charge in [-0.15, -0.1) is 0 Å². The molecule has 0 bridgehead atoms. The van der Waals surface area contributed by atoms with E-state index in [1.54, 1.807) is 18.2 Å². The van der Waals surface area contributed by atoms with Crippen LogP contribution in [0.3, 0.4) is 0 Å². The van der Waals surface area contributed by atoms with Gasteiger partial charge in [0.25, 0.3) is 0 Å². The summed E-state index contributed by atoms with van der Waals surface area (Å²) in [6, 6.07) is 6.62. The molecular weight excluding hydrogens is 317 g/mol. The van der Waals surface area contributed by atoms with E-state index in [0.717, 1.165) is 0 Å². The van der Waals surface area contributed by atoms with Crippen LogP contribution in [0.5, 0.6) is 5.75 Å². The fourth-order valence-electron chi connectivity index (χ4n) is 1.20. The highest BCUT2D eigenvalue weighted by Gasteiger charge is 2.25. The molecular formula is C8H8INO3S. The van der Waals surface area contributed by atoms with Crippen LogP contribution in [0, 0.1) is 0 Å². The smallest absolute Gasteiger partial charge is 0.244 e. The standard InChI is InChI=1S/C8H8INO3S/c9-8-5-10-14(11,12)7-4-2-1-3-6(7)13-8/h1-4,8,10H,5H2/t8-/m0/s1. The largest absolute Gasteiger partial charge is 0.477 e. The van der Waals surface area contributed by atoms with Crippen molar-refractivity contribution in [3.05, 3.63) is 24.3 Å². The normalized spacial score (nSPS) is 24.5. The van der Waals surface area contributed by atoms with Crippen LogP contribution in [0.4, 0.5) is 0 Å². The molecule has 14 heavy (non-hydrogen) atoms. The molecule has 4 nitrogen and oxygen atoms in total. The Bertz CT molecular complexity index is 446. The van der Waals surface area contributed by atoms with E-state index < -0.39 is 10.0 Å². The van der Waals surface area contributed by atoms with Gasteiger partial charge in [0.05, 0.1) is 6.54 Å². The number of alkyl halides is 1. The number of fused-ring (bicyclic) bond motifs is 1. The number of ether oxygens (including phenoxy) is 1. The Morgan fingerprint density at radius 2 is 2.14 bits per heavy atom. The fourth-order valence-corrected chi connectivity index (χ4v) is 3.16. The SMILES string of the molecule is O=S1(=O)NC[C@@H](I)Oc2ccccc21. The average Bonchev–Trinajstić information content (AvgIpc) is 2.25. The minimum atomic E-state index is -3.39. The van der Waals surface area contributed by atoms with Gasteiger partial charge in [-0.05, 0) is 34.7 Å². The molecule has 0 spiro atoms. The molecule has 0 saturated carbocycles. The van der Waals surface area contributed by atoms with Gasteiger partial charge in [-0.3, -0.25) is 0 Å². The molecule has 76 valence electrons. The van der Waals surface area contributed by atoms with Crippen LogP contribution in [0.25, 0.3) is 0 Å². The van der Waals surface area contributed by atoms with E-state index in [-0.39, 0.29) is 15.6 Å². The highest BCUT2D eigenvalue weighted by atomic mass is 127. The Morgan fingerprint density at radius 1 is 1.43 bits per heavy atom. The highest BCUT2D eigenvalue weighted by molar-refractivity contribution is 14.1. The summed E-state index contributed by atoms with van der Waals surface area (Å²) >= 11 is 2.05. The molecule has 0 saturated heterocycles. The summed E-state index contributed by atoms with van der Waals surface area (Å²) in [5, 5.41) is 0. The first-order valence-corrected chi connectivity index (χ1v) is 6.72. The molecule has 1 N–H and O–H groups in total. The van der Waals surface area contributed by atoms with E-state index >= 15 is 0 Å². The molecule has 0 radical (unpaired) electrons. The summed E-state index contributed by atoms with van der Waals surface area (Å²) in [4.78, 5) is 0.208. The Kier molecular flexibility index (Phi) is 2.67. The van der Waals surface area contributed by atoms with Crippen molar-refractivity contribution in [3.8, 4) is 5.75 Å². The van der Waals surface area contributed by atoms with Crippen molar-refractivity contribution in [2.45, 2.75) is 9.01 Å². The second-order valence-corrected chi connectivity index (χ2v) is 5.95. The molecule has 2 rings (SSSR count). The topological polar surface area (TPSA) is 55.4 Å². The lowest BCUT2D eigenvalue weighted by molar-refractivity contribution is 0.303. The van der Waals surface area contributed by atoms with Crippen LogP contribution >= 0.6 is 22.6 Å². The Balaban J connectivity index is 2.58. The average molecular weight is 325 g/mol. The minimum absolute atomic E-state index is 0.175. The van der Waals surface area contributed by atoms with Gasteiger partial charge in [-0.1, -0.05) is 12.1 Å². The Morgan fingerprint density at radius 3 is 2.93 bits per heavy atom. The summed E-state index contributed by atoms with van der Waals surface area (Å²) in [6.07, 6.45) is 0. The predicted molar refractivity (Wildman–Crippen MR) is 60.1 cm³/mol. The van der Waals surface area contributed by atoms with Gasteiger partial charge in [0.1, 0.15) is 10.6 Å². The first-order chi connectivity index (χ1) is 6.59. The van der Waals surface area contributed by atoms with Crippen molar-refractivity contribution in [2.24, 2.45) is 0 Å². The number of sulfonamides is 1. The third-order valence-corrected chi connectivity index (χ3v) is 3.99. The minimum Gasteiger partial charge on any atom is -0.477 e. The number of halogens is 1. The van der Waals surface area contributed by atoms with Crippen LogP contribution in [0.1, 0.15) is 0 Å². The summed E-state index contributed by atoms with van der Waals surface area (Å²) in [5.74, 6) is 0.414. The summed E-state index contributed by atoms with van der Waals surface area (Å²) < 4.78 is 31.0. The van der Waals surface area contributed by atoms with E-state index in [1.807, 2.05) is 22.6 Å². The van der Waals surface area contributed by atoms with E-state index in [0.29, 0.717) is 5.75 Å². The van der Waals surface area contributed by atoms with Crippen molar-refractivity contribution in [1.29, 1.82) is 0 Å². The highest BCUT2D eigenvalue weighted by Crippen LogP contribution is 2.27. The maximum absolute atomic E-state index is 11.6. The maximum atomic E-state index is 11.6. The van der Waals surface area contributed by atoms with Crippen LogP contribution in [0.2, 0.25) is 0 Å². The molecule has 1 aromatic carbocycles. The van der Waals surface area contributed by atoms with Gasteiger partial charge in [-0.2, -0.15) is 0 Å². The summed E-state index contributed by atoms with van der Waals surface area (Å²) in [7, 11) is -3.39. The van der Waals surface area contributed by atoms with E-state index in [2.05, 4.69) is 4.72 Å². The van der Waals surface area contributed by atoms with Crippen LogP contribution in [-0.4, -0.2) is 19.1 Å². The van der Waals surface area contributed by atoms with E-state index in [9.17, 15) is 8.42 Å². The van der Waals surface area contributed by atoms with Crippen LogP contribution < -0.4 is 9.46 Å². The fraction of sp³-hybridized carbons (Fsp3) is 0.250. The van der Waals surface area contributed by atoms with E-state index in [1.165, 1.54) is 6.07 Å². The quantitative estimate of drug-likeness (QED) is 0.574. The zero-order valence-electron chi connectivity index (χ0n) is 7.10.